The third-order valence-corrected chi connectivity index (χ3v) is 3.33. The van der Waals surface area contributed by atoms with Crippen LogP contribution in [0, 0.1) is 0 Å². The zero-order valence-electron chi connectivity index (χ0n) is 12.2. The van der Waals surface area contributed by atoms with E-state index >= 15 is 0 Å². The topological polar surface area (TPSA) is 32.8 Å². The average Bonchev–Trinajstić information content (AvgIpc) is 2.36. The monoisotopic (exact) mass is 256 g/mol. The number of carbonyl (C=O) groups is 1. The van der Waals surface area contributed by atoms with Crippen LogP contribution in [-0.2, 0) is 9.53 Å². The van der Waals surface area contributed by atoms with Crippen LogP contribution in [0.2, 0.25) is 0 Å². The number of hydrogen-bond donors (Lipinski definition) is 0. The summed E-state index contributed by atoms with van der Waals surface area (Å²) in [5.74, 6) is 0.329. The van der Waals surface area contributed by atoms with Gasteiger partial charge in [0.2, 0.25) is 5.91 Å². The zero-order chi connectivity index (χ0) is 13.4. The van der Waals surface area contributed by atoms with Gasteiger partial charge in [-0.2, -0.15) is 0 Å². The van der Waals surface area contributed by atoms with Gasteiger partial charge in [0.15, 0.2) is 0 Å². The first-order chi connectivity index (χ1) is 8.63. The largest absolute Gasteiger partial charge is 0.377 e. The molecule has 0 spiro atoms. The molecule has 0 aliphatic carbocycles. The Morgan fingerprint density at radius 3 is 2.44 bits per heavy atom. The molecule has 1 aliphatic rings. The van der Waals surface area contributed by atoms with Crippen LogP contribution >= 0.6 is 0 Å². The molecule has 0 aromatic heterocycles. The van der Waals surface area contributed by atoms with Crippen LogP contribution in [0.1, 0.15) is 40.0 Å². The Balaban J connectivity index is 2.14. The summed E-state index contributed by atoms with van der Waals surface area (Å²) in [6.07, 6.45) is 3.13. The lowest BCUT2D eigenvalue weighted by molar-refractivity contribution is -0.133. The Bertz CT molecular complexity index is 236. The van der Waals surface area contributed by atoms with Crippen molar-refractivity contribution in [3.8, 4) is 0 Å². The number of amides is 1. The molecule has 0 unspecified atom stereocenters. The van der Waals surface area contributed by atoms with Gasteiger partial charge in [0.25, 0.3) is 0 Å². The van der Waals surface area contributed by atoms with Gasteiger partial charge in [-0.15, -0.1) is 0 Å². The molecule has 1 heterocycles. The van der Waals surface area contributed by atoms with E-state index in [9.17, 15) is 4.79 Å². The van der Waals surface area contributed by atoms with Gasteiger partial charge in [-0.25, -0.2) is 0 Å². The summed E-state index contributed by atoms with van der Waals surface area (Å²) in [5.41, 5.74) is 0. The van der Waals surface area contributed by atoms with E-state index in [0.717, 1.165) is 52.2 Å². The molecule has 1 aliphatic heterocycles. The molecule has 0 bridgehead atoms. The summed E-state index contributed by atoms with van der Waals surface area (Å²) in [6, 6.07) is 0. The molecule has 0 aromatic rings. The summed E-state index contributed by atoms with van der Waals surface area (Å²) in [4.78, 5) is 16.2. The molecule has 0 aromatic carbocycles. The van der Waals surface area contributed by atoms with Gasteiger partial charge in [-0.05, 0) is 20.3 Å². The smallest absolute Gasteiger partial charge is 0.222 e. The quantitative estimate of drug-likeness (QED) is 0.695. The molecule has 1 rings (SSSR count). The molecule has 0 atom stereocenters. The molecule has 0 saturated carbocycles. The van der Waals surface area contributed by atoms with Gasteiger partial charge in [-0.1, -0.05) is 13.3 Å². The second kappa shape index (κ2) is 8.48. The fourth-order valence-corrected chi connectivity index (χ4v) is 2.12. The van der Waals surface area contributed by atoms with E-state index in [1.165, 1.54) is 0 Å². The molecular weight excluding hydrogens is 228 g/mol. The predicted molar refractivity (Wildman–Crippen MR) is 73.6 cm³/mol. The maximum absolute atomic E-state index is 11.8. The van der Waals surface area contributed by atoms with Crippen LogP contribution in [-0.4, -0.2) is 61.1 Å². The van der Waals surface area contributed by atoms with Gasteiger partial charge in [0.1, 0.15) is 0 Å². The zero-order valence-corrected chi connectivity index (χ0v) is 12.2. The highest BCUT2D eigenvalue weighted by atomic mass is 16.5. The Morgan fingerprint density at radius 1 is 1.22 bits per heavy atom. The lowest BCUT2D eigenvalue weighted by Crippen LogP contribution is -2.49. The van der Waals surface area contributed by atoms with Crippen molar-refractivity contribution in [2.45, 2.75) is 46.1 Å². The first-order valence-corrected chi connectivity index (χ1v) is 7.25. The predicted octanol–water partition coefficient (Wildman–Crippen LogP) is 1.75. The minimum absolute atomic E-state index is 0.307. The molecule has 106 valence electrons. The van der Waals surface area contributed by atoms with Crippen molar-refractivity contribution < 1.29 is 9.53 Å². The van der Waals surface area contributed by atoms with Crippen LogP contribution in [0.15, 0.2) is 0 Å². The number of unbranched alkanes of at least 4 members (excludes halogenated alkanes) is 1. The van der Waals surface area contributed by atoms with Crippen LogP contribution in [0.3, 0.4) is 0 Å². The molecular formula is C14H28N2O2. The fraction of sp³-hybridized carbons (Fsp3) is 0.929. The van der Waals surface area contributed by atoms with E-state index in [-0.39, 0.29) is 0 Å². The third kappa shape index (κ3) is 5.83. The first kappa shape index (κ1) is 15.4. The van der Waals surface area contributed by atoms with Crippen LogP contribution in [0.4, 0.5) is 0 Å². The Hall–Kier alpha value is -0.610. The van der Waals surface area contributed by atoms with Crippen molar-refractivity contribution in [1.82, 2.24) is 9.80 Å². The lowest BCUT2D eigenvalue weighted by Gasteiger charge is -2.34. The molecule has 1 amide bonds. The van der Waals surface area contributed by atoms with Gasteiger partial charge in [0.05, 0.1) is 12.7 Å². The Kier molecular flexibility index (Phi) is 7.28. The van der Waals surface area contributed by atoms with Crippen LogP contribution < -0.4 is 0 Å². The van der Waals surface area contributed by atoms with E-state index < -0.39 is 0 Å². The highest BCUT2D eigenvalue weighted by Crippen LogP contribution is 2.06. The van der Waals surface area contributed by atoms with Crippen molar-refractivity contribution in [2.24, 2.45) is 0 Å². The SMILES string of the molecule is CCCCC(=O)N1CCN(CCOC(C)C)CC1. The summed E-state index contributed by atoms with van der Waals surface area (Å²) < 4.78 is 5.55. The first-order valence-electron chi connectivity index (χ1n) is 7.25. The normalized spacial score (nSPS) is 17.4. The molecule has 4 heteroatoms. The summed E-state index contributed by atoms with van der Waals surface area (Å²) >= 11 is 0. The van der Waals surface area contributed by atoms with E-state index in [4.69, 9.17) is 4.74 Å². The van der Waals surface area contributed by atoms with Crippen molar-refractivity contribution in [3.63, 3.8) is 0 Å². The number of ether oxygens (including phenoxy) is 1. The third-order valence-electron chi connectivity index (χ3n) is 3.33. The van der Waals surface area contributed by atoms with Gasteiger partial charge < -0.3 is 9.64 Å². The van der Waals surface area contributed by atoms with E-state index in [1.807, 2.05) is 4.90 Å². The number of nitrogens with zero attached hydrogens (tertiary/aromatic N) is 2. The second-order valence-electron chi connectivity index (χ2n) is 5.25. The number of carbonyl (C=O) groups excluding carboxylic acids is 1. The molecule has 1 saturated heterocycles. The van der Waals surface area contributed by atoms with Gasteiger partial charge in [0, 0.05) is 39.1 Å². The number of rotatable bonds is 7. The van der Waals surface area contributed by atoms with E-state index in [1.54, 1.807) is 0 Å². The summed E-state index contributed by atoms with van der Waals surface area (Å²) in [5, 5.41) is 0. The number of piperazine rings is 1. The van der Waals surface area contributed by atoms with Gasteiger partial charge in [-0.3, -0.25) is 9.69 Å². The van der Waals surface area contributed by atoms with Crippen molar-refractivity contribution in [1.29, 1.82) is 0 Å². The molecule has 4 nitrogen and oxygen atoms in total. The van der Waals surface area contributed by atoms with Crippen molar-refractivity contribution in [3.05, 3.63) is 0 Å². The minimum atomic E-state index is 0.307. The molecule has 0 radical (unpaired) electrons. The number of hydrogen-bond acceptors (Lipinski definition) is 3. The van der Waals surface area contributed by atoms with E-state index in [0.29, 0.717) is 18.4 Å². The molecule has 0 N–H and O–H groups in total. The Morgan fingerprint density at radius 2 is 1.89 bits per heavy atom. The maximum Gasteiger partial charge on any atom is 0.222 e. The highest BCUT2D eigenvalue weighted by molar-refractivity contribution is 5.76. The maximum atomic E-state index is 11.8. The standard InChI is InChI=1S/C14H28N2O2/c1-4-5-6-14(17)16-9-7-15(8-10-16)11-12-18-13(2)3/h13H,4-12H2,1-3H3. The summed E-state index contributed by atoms with van der Waals surface area (Å²) in [7, 11) is 0. The summed E-state index contributed by atoms with van der Waals surface area (Å²) in [6.45, 7) is 11.7. The van der Waals surface area contributed by atoms with E-state index in [2.05, 4.69) is 25.7 Å². The average molecular weight is 256 g/mol. The Labute approximate surface area is 111 Å². The minimum Gasteiger partial charge on any atom is -0.377 e. The van der Waals surface area contributed by atoms with Crippen molar-refractivity contribution >= 4 is 5.91 Å². The fourth-order valence-electron chi connectivity index (χ4n) is 2.12. The highest BCUT2D eigenvalue weighted by Gasteiger charge is 2.20. The molecule has 1 fully saturated rings. The van der Waals surface area contributed by atoms with Gasteiger partial charge >= 0.3 is 0 Å². The lowest BCUT2D eigenvalue weighted by atomic mass is 10.2. The second-order valence-corrected chi connectivity index (χ2v) is 5.25. The van der Waals surface area contributed by atoms with Crippen LogP contribution in [0.25, 0.3) is 0 Å². The van der Waals surface area contributed by atoms with Crippen molar-refractivity contribution in [2.75, 3.05) is 39.3 Å². The molecule has 18 heavy (non-hydrogen) atoms. The van der Waals surface area contributed by atoms with Crippen LogP contribution in [0.5, 0.6) is 0 Å².